The van der Waals surface area contributed by atoms with Crippen LogP contribution in [0.5, 0.6) is 0 Å². The van der Waals surface area contributed by atoms with Gasteiger partial charge in [-0.25, -0.2) is 4.79 Å². The SMILES string of the molecule is CCCC(CC1CCCCC1)NC(=O)c1cc(C2CC2)cc(C(OCCNC(=O)OC)c2cccc(Cl)c2)c1. The summed E-state index contributed by atoms with van der Waals surface area (Å²) in [5, 5.41) is 6.67. The minimum atomic E-state index is -0.498. The van der Waals surface area contributed by atoms with E-state index in [1.165, 1.54) is 44.8 Å². The molecule has 6 nitrogen and oxygen atoms in total. The lowest BCUT2D eigenvalue weighted by atomic mass is 9.84. The minimum Gasteiger partial charge on any atom is -0.453 e. The van der Waals surface area contributed by atoms with E-state index in [4.69, 9.17) is 16.3 Å². The molecule has 212 valence electrons. The number of carbonyl (C=O) groups excluding carboxylic acids is 2. The van der Waals surface area contributed by atoms with Gasteiger partial charge in [-0.1, -0.05) is 75.2 Å². The summed E-state index contributed by atoms with van der Waals surface area (Å²) in [5.74, 6) is 1.18. The Morgan fingerprint density at radius 1 is 1.03 bits per heavy atom. The highest BCUT2D eigenvalue weighted by Crippen LogP contribution is 2.42. The molecule has 7 heteroatoms. The summed E-state index contributed by atoms with van der Waals surface area (Å²) in [6, 6.07) is 14.0. The Morgan fingerprint density at radius 3 is 2.51 bits per heavy atom. The molecule has 2 unspecified atom stereocenters. The standard InChI is InChI=1S/C32H43ClN2O4/c1-3-8-29(17-22-9-5-4-6-10-22)35-31(36)27-19-25(23-13-14-23)18-26(20-27)30(24-11-7-12-28(33)21-24)39-16-15-34-32(37)38-2/h7,11-12,18-23,29-30H,3-6,8-10,13-17H2,1-2H3,(H,34,37)(H,35,36). The van der Waals surface area contributed by atoms with Gasteiger partial charge >= 0.3 is 6.09 Å². The Bertz CT molecular complexity index is 1100. The van der Waals surface area contributed by atoms with Crippen molar-refractivity contribution in [2.75, 3.05) is 20.3 Å². The number of hydrogen-bond donors (Lipinski definition) is 2. The highest BCUT2D eigenvalue weighted by atomic mass is 35.5. The molecule has 39 heavy (non-hydrogen) atoms. The summed E-state index contributed by atoms with van der Waals surface area (Å²) in [6.45, 7) is 2.77. The van der Waals surface area contributed by atoms with E-state index >= 15 is 0 Å². The number of rotatable bonds is 13. The largest absolute Gasteiger partial charge is 0.453 e. The van der Waals surface area contributed by atoms with E-state index in [9.17, 15) is 9.59 Å². The van der Waals surface area contributed by atoms with Crippen LogP contribution in [0.3, 0.4) is 0 Å². The predicted octanol–water partition coefficient (Wildman–Crippen LogP) is 7.55. The average molecular weight is 555 g/mol. The minimum absolute atomic E-state index is 0.00906. The van der Waals surface area contributed by atoms with Gasteiger partial charge in [0.1, 0.15) is 6.10 Å². The van der Waals surface area contributed by atoms with Crippen LogP contribution in [0.4, 0.5) is 4.79 Å². The number of nitrogens with one attached hydrogen (secondary N) is 2. The van der Waals surface area contributed by atoms with Crippen molar-refractivity contribution in [2.24, 2.45) is 5.92 Å². The summed E-state index contributed by atoms with van der Waals surface area (Å²) in [7, 11) is 1.33. The van der Waals surface area contributed by atoms with Gasteiger partial charge in [0.05, 0.1) is 13.7 Å². The maximum atomic E-state index is 13.7. The molecule has 2 fully saturated rings. The van der Waals surface area contributed by atoms with Crippen molar-refractivity contribution in [3.05, 3.63) is 69.7 Å². The summed E-state index contributed by atoms with van der Waals surface area (Å²) in [6.07, 6.45) is 11.0. The number of hydrogen-bond acceptors (Lipinski definition) is 4. The number of amides is 2. The lowest BCUT2D eigenvalue weighted by Crippen LogP contribution is -2.36. The van der Waals surface area contributed by atoms with Gasteiger partial charge in [-0.05, 0) is 78.5 Å². The van der Waals surface area contributed by atoms with E-state index in [-0.39, 0.29) is 18.6 Å². The molecule has 2 aromatic carbocycles. The first-order valence-corrected chi connectivity index (χ1v) is 15.0. The third kappa shape index (κ3) is 8.97. The molecule has 0 aliphatic heterocycles. The molecule has 2 aliphatic carbocycles. The third-order valence-corrected chi connectivity index (χ3v) is 8.13. The van der Waals surface area contributed by atoms with Crippen LogP contribution in [0.15, 0.2) is 42.5 Å². The third-order valence-electron chi connectivity index (χ3n) is 7.90. The van der Waals surface area contributed by atoms with Crippen LogP contribution in [-0.2, 0) is 9.47 Å². The number of alkyl carbamates (subject to hydrolysis) is 1. The second-order valence-corrected chi connectivity index (χ2v) is 11.5. The van der Waals surface area contributed by atoms with Crippen LogP contribution in [0.2, 0.25) is 5.02 Å². The van der Waals surface area contributed by atoms with Crippen LogP contribution < -0.4 is 10.6 Å². The van der Waals surface area contributed by atoms with Crippen LogP contribution in [-0.4, -0.2) is 38.3 Å². The van der Waals surface area contributed by atoms with Crippen LogP contribution in [0.25, 0.3) is 0 Å². The van der Waals surface area contributed by atoms with Crippen molar-refractivity contribution in [3.8, 4) is 0 Å². The fraction of sp³-hybridized carbons (Fsp3) is 0.562. The fourth-order valence-corrected chi connectivity index (χ4v) is 5.96. The number of carbonyl (C=O) groups is 2. The van der Waals surface area contributed by atoms with Gasteiger partial charge < -0.3 is 20.1 Å². The molecule has 0 spiro atoms. The number of benzene rings is 2. The Hall–Kier alpha value is -2.57. The van der Waals surface area contributed by atoms with Gasteiger partial charge in [0.2, 0.25) is 0 Å². The van der Waals surface area contributed by atoms with Crippen molar-refractivity contribution >= 4 is 23.6 Å². The van der Waals surface area contributed by atoms with Crippen LogP contribution in [0, 0.1) is 5.92 Å². The molecule has 2 N–H and O–H groups in total. The molecule has 0 bridgehead atoms. The summed E-state index contributed by atoms with van der Waals surface area (Å²) in [5.41, 5.74) is 3.69. The number of halogens is 1. The Balaban J connectivity index is 1.56. The zero-order chi connectivity index (χ0) is 27.6. The van der Waals surface area contributed by atoms with E-state index in [0.29, 0.717) is 29.0 Å². The molecular weight excluding hydrogens is 512 g/mol. The van der Waals surface area contributed by atoms with Crippen molar-refractivity contribution in [2.45, 2.75) is 89.2 Å². The molecule has 0 aromatic heterocycles. The van der Waals surface area contributed by atoms with Crippen molar-refractivity contribution in [3.63, 3.8) is 0 Å². The highest BCUT2D eigenvalue weighted by Gasteiger charge is 2.28. The van der Waals surface area contributed by atoms with Gasteiger partial charge in [0, 0.05) is 23.2 Å². The molecular formula is C32H43ClN2O4. The molecule has 2 atom stereocenters. The predicted molar refractivity (Wildman–Crippen MR) is 155 cm³/mol. The fourth-order valence-electron chi connectivity index (χ4n) is 5.76. The highest BCUT2D eigenvalue weighted by molar-refractivity contribution is 6.30. The molecule has 0 radical (unpaired) electrons. The van der Waals surface area contributed by atoms with Gasteiger partial charge in [-0.2, -0.15) is 0 Å². The molecule has 2 aliphatic rings. The first-order valence-electron chi connectivity index (χ1n) is 14.6. The van der Waals surface area contributed by atoms with Gasteiger partial charge in [0.25, 0.3) is 5.91 Å². The van der Waals surface area contributed by atoms with Crippen LogP contribution in [0.1, 0.15) is 110 Å². The van der Waals surface area contributed by atoms with E-state index in [0.717, 1.165) is 43.2 Å². The maximum Gasteiger partial charge on any atom is 0.406 e. The van der Waals surface area contributed by atoms with E-state index in [2.05, 4.69) is 34.4 Å². The number of methoxy groups -OCH3 is 1. The monoisotopic (exact) mass is 554 g/mol. The topological polar surface area (TPSA) is 76.7 Å². The normalized spacial score (nSPS) is 17.3. The molecule has 0 heterocycles. The second kappa shape index (κ2) is 14.7. The Kier molecular flexibility index (Phi) is 11.1. The van der Waals surface area contributed by atoms with E-state index in [1.54, 1.807) is 0 Å². The van der Waals surface area contributed by atoms with Crippen molar-refractivity contribution in [1.29, 1.82) is 0 Å². The van der Waals surface area contributed by atoms with Gasteiger partial charge in [-0.15, -0.1) is 0 Å². The Morgan fingerprint density at radius 2 is 1.82 bits per heavy atom. The first-order chi connectivity index (χ1) is 19.0. The van der Waals surface area contributed by atoms with Crippen molar-refractivity contribution in [1.82, 2.24) is 10.6 Å². The Labute approximate surface area is 238 Å². The number of ether oxygens (including phenoxy) is 2. The second-order valence-electron chi connectivity index (χ2n) is 11.1. The van der Waals surface area contributed by atoms with Gasteiger partial charge in [0.15, 0.2) is 0 Å². The van der Waals surface area contributed by atoms with Gasteiger partial charge in [-0.3, -0.25) is 4.79 Å². The smallest absolute Gasteiger partial charge is 0.406 e. The first kappa shape index (κ1) is 29.4. The lowest BCUT2D eigenvalue weighted by molar-refractivity contribution is 0.0803. The molecule has 0 saturated heterocycles. The maximum absolute atomic E-state index is 13.7. The molecule has 2 saturated carbocycles. The lowest BCUT2D eigenvalue weighted by Gasteiger charge is -2.27. The summed E-state index contributed by atoms with van der Waals surface area (Å²) in [4.78, 5) is 25.2. The zero-order valence-electron chi connectivity index (χ0n) is 23.3. The zero-order valence-corrected chi connectivity index (χ0v) is 24.1. The van der Waals surface area contributed by atoms with Crippen molar-refractivity contribution < 1.29 is 19.1 Å². The summed E-state index contributed by atoms with van der Waals surface area (Å²) < 4.78 is 11.0. The molecule has 4 rings (SSSR count). The van der Waals surface area contributed by atoms with E-state index < -0.39 is 12.2 Å². The summed E-state index contributed by atoms with van der Waals surface area (Å²) >= 11 is 6.35. The molecule has 2 amide bonds. The average Bonchev–Trinajstić information content (AvgIpc) is 3.79. The van der Waals surface area contributed by atoms with E-state index in [1.807, 2.05) is 30.3 Å². The molecule has 2 aromatic rings. The van der Waals surface area contributed by atoms with Crippen LogP contribution >= 0.6 is 11.6 Å². The quantitative estimate of drug-likeness (QED) is 0.251.